The van der Waals surface area contributed by atoms with Gasteiger partial charge < -0.3 is 25.4 Å². The van der Waals surface area contributed by atoms with Crippen molar-refractivity contribution < 1.29 is 19.1 Å². The number of hydrogen-bond donors (Lipinski definition) is 3. The lowest BCUT2D eigenvalue weighted by Gasteiger charge is -2.22. The number of nitrogens with one attached hydrogen (secondary N) is 3. The molecule has 0 bridgehead atoms. The van der Waals surface area contributed by atoms with Gasteiger partial charge in [-0.05, 0) is 37.5 Å². The van der Waals surface area contributed by atoms with Crippen molar-refractivity contribution in [3.05, 3.63) is 23.6 Å². The third kappa shape index (κ3) is 6.10. The highest BCUT2D eigenvalue weighted by Crippen LogP contribution is 2.35. The molecule has 0 spiro atoms. The first-order chi connectivity index (χ1) is 15.2. The Bertz CT molecular complexity index is 911. The van der Waals surface area contributed by atoms with Crippen molar-refractivity contribution in [2.24, 2.45) is 0 Å². The predicted octanol–water partition coefficient (Wildman–Crippen LogP) is 3.93. The van der Waals surface area contributed by atoms with Crippen LogP contribution in [0.1, 0.15) is 44.9 Å². The van der Waals surface area contributed by atoms with Gasteiger partial charge in [0.1, 0.15) is 13.2 Å². The van der Waals surface area contributed by atoms with E-state index in [1.807, 2.05) is 23.6 Å². The normalized spacial score (nSPS) is 15.9. The summed E-state index contributed by atoms with van der Waals surface area (Å²) < 4.78 is 11.2. The fraction of sp³-hybridized carbons (Fsp3) is 0.500. The SMILES string of the molecule is O=C(CCCNC(=O)NC1CCCCC1)Nc1nc(-c2ccc3c(c2)OCCO3)cs1. The van der Waals surface area contributed by atoms with Gasteiger partial charge >= 0.3 is 6.03 Å². The van der Waals surface area contributed by atoms with E-state index in [1.54, 1.807) is 0 Å². The number of anilines is 1. The quantitative estimate of drug-likeness (QED) is 0.562. The number of rotatable bonds is 7. The minimum Gasteiger partial charge on any atom is -0.486 e. The number of aromatic nitrogens is 1. The Morgan fingerprint density at radius 3 is 2.74 bits per heavy atom. The second-order valence-corrected chi connectivity index (χ2v) is 8.64. The van der Waals surface area contributed by atoms with Gasteiger partial charge in [0, 0.05) is 30.0 Å². The summed E-state index contributed by atoms with van der Waals surface area (Å²) in [5.74, 6) is 1.33. The van der Waals surface area contributed by atoms with E-state index in [4.69, 9.17) is 9.47 Å². The van der Waals surface area contributed by atoms with Crippen molar-refractivity contribution in [3.63, 3.8) is 0 Å². The van der Waals surface area contributed by atoms with Crippen molar-refractivity contribution in [1.82, 2.24) is 15.6 Å². The van der Waals surface area contributed by atoms with E-state index in [0.29, 0.717) is 43.5 Å². The van der Waals surface area contributed by atoms with Gasteiger partial charge in [0.2, 0.25) is 5.91 Å². The van der Waals surface area contributed by atoms with Crippen molar-refractivity contribution in [3.8, 4) is 22.8 Å². The summed E-state index contributed by atoms with van der Waals surface area (Å²) in [5.41, 5.74) is 1.69. The molecule has 2 aliphatic rings. The molecular formula is C22H28N4O4S. The second-order valence-electron chi connectivity index (χ2n) is 7.78. The summed E-state index contributed by atoms with van der Waals surface area (Å²) in [5, 5.41) is 11.1. The van der Waals surface area contributed by atoms with E-state index in [9.17, 15) is 9.59 Å². The highest BCUT2D eigenvalue weighted by atomic mass is 32.1. The van der Waals surface area contributed by atoms with Gasteiger partial charge in [0.25, 0.3) is 0 Å². The molecule has 0 saturated heterocycles. The number of fused-ring (bicyclic) bond motifs is 1. The van der Waals surface area contributed by atoms with Crippen LogP contribution in [0.3, 0.4) is 0 Å². The van der Waals surface area contributed by atoms with Gasteiger partial charge in [-0.2, -0.15) is 0 Å². The molecule has 0 unspecified atom stereocenters. The maximum Gasteiger partial charge on any atom is 0.315 e. The van der Waals surface area contributed by atoms with Crippen molar-refractivity contribution in [2.45, 2.75) is 51.0 Å². The predicted molar refractivity (Wildman–Crippen MR) is 120 cm³/mol. The largest absolute Gasteiger partial charge is 0.486 e. The molecular weight excluding hydrogens is 416 g/mol. The Kier molecular flexibility index (Phi) is 7.24. The van der Waals surface area contributed by atoms with Crippen LogP contribution in [0.15, 0.2) is 23.6 Å². The van der Waals surface area contributed by atoms with E-state index in [2.05, 4.69) is 20.9 Å². The van der Waals surface area contributed by atoms with E-state index in [-0.39, 0.29) is 18.0 Å². The number of ether oxygens (including phenoxy) is 2. The second kappa shape index (κ2) is 10.5. The number of nitrogens with zero attached hydrogens (tertiary/aromatic N) is 1. The van der Waals surface area contributed by atoms with Crippen LogP contribution < -0.4 is 25.4 Å². The fourth-order valence-corrected chi connectivity index (χ4v) is 4.52. The molecule has 31 heavy (non-hydrogen) atoms. The average molecular weight is 445 g/mol. The first kappa shape index (κ1) is 21.4. The molecule has 4 rings (SSSR count). The lowest BCUT2D eigenvalue weighted by atomic mass is 9.96. The van der Waals surface area contributed by atoms with Gasteiger partial charge in [-0.15, -0.1) is 11.3 Å². The number of thiazole rings is 1. The summed E-state index contributed by atoms with van der Waals surface area (Å²) in [6.07, 6.45) is 6.62. The number of carbonyl (C=O) groups excluding carboxylic acids is 2. The smallest absolute Gasteiger partial charge is 0.315 e. The Morgan fingerprint density at radius 2 is 1.90 bits per heavy atom. The lowest BCUT2D eigenvalue weighted by Crippen LogP contribution is -2.43. The molecule has 1 aromatic heterocycles. The maximum absolute atomic E-state index is 12.2. The summed E-state index contributed by atoms with van der Waals surface area (Å²) in [6.45, 7) is 1.55. The number of hydrogen-bond acceptors (Lipinski definition) is 6. The third-order valence-electron chi connectivity index (χ3n) is 5.40. The first-order valence-electron chi connectivity index (χ1n) is 10.9. The Labute approximate surface area is 185 Å². The number of amides is 3. The molecule has 3 N–H and O–H groups in total. The monoisotopic (exact) mass is 444 g/mol. The molecule has 1 aromatic carbocycles. The minimum absolute atomic E-state index is 0.113. The average Bonchev–Trinajstić information content (AvgIpc) is 3.25. The molecule has 2 aromatic rings. The Hall–Kier alpha value is -2.81. The molecule has 1 aliphatic carbocycles. The zero-order valence-electron chi connectivity index (χ0n) is 17.4. The summed E-state index contributed by atoms with van der Waals surface area (Å²) in [6, 6.07) is 5.85. The molecule has 0 atom stereocenters. The highest BCUT2D eigenvalue weighted by Gasteiger charge is 2.16. The number of benzene rings is 1. The fourth-order valence-electron chi connectivity index (χ4n) is 3.78. The van der Waals surface area contributed by atoms with E-state index in [1.165, 1.54) is 30.6 Å². The number of urea groups is 1. The van der Waals surface area contributed by atoms with E-state index in [0.717, 1.165) is 29.8 Å². The minimum atomic E-state index is -0.142. The first-order valence-corrected chi connectivity index (χ1v) is 11.7. The molecule has 1 saturated carbocycles. The van der Waals surface area contributed by atoms with Crippen molar-refractivity contribution in [2.75, 3.05) is 25.1 Å². The summed E-state index contributed by atoms with van der Waals surface area (Å²) >= 11 is 1.38. The highest BCUT2D eigenvalue weighted by molar-refractivity contribution is 7.14. The van der Waals surface area contributed by atoms with Crippen LogP contribution in [-0.4, -0.2) is 42.7 Å². The van der Waals surface area contributed by atoms with Crippen LogP contribution in [0, 0.1) is 0 Å². The zero-order chi connectivity index (χ0) is 21.5. The van der Waals surface area contributed by atoms with Crippen molar-refractivity contribution in [1.29, 1.82) is 0 Å². The van der Waals surface area contributed by atoms with Gasteiger partial charge in [0.05, 0.1) is 5.69 Å². The molecule has 1 aliphatic heterocycles. The molecule has 2 heterocycles. The van der Waals surface area contributed by atoms with Gasteiger partial charge in [0.15, 0.2) is 16.6 Å². The van der Waals surface area contributed by atoms with Crippen LogP contribution in [0.4, 0.5) is 9.93 Å². The van der Waals surface area contributed by atoms with Gasteiger partial charge in [-0.3, -0.25) is 4.79 Å². The Morgan fingerprint density at radius 1 is 1.10 bits per heavy atom. The molecule has 1 fully saturated rings. The molecule has 3 amide bonds. The van der Waals surface area contributed by atoms with Gasteiger partial charge in [-0.1, -0.05) is 19.3 Å². The third-order valence-corrected chi connectivity index (χ3v) is 6.15. The molecule has 9 heteroatoms. The molecule has 0 radical (unpaired) electrons. The lowest BCUT2D eigenvalue weighted by molar-refractivity contribution is -0.116. The van der Waals surface area contributed by atoms with Crippen molar-refractivity contribution >= 4 is 28.4 Å². The summed E-state index contributed by atoms with van der Waals surface area (Å²) in [7, 11) is 0. The van der Waals surface area contributed by atoms with Crippen LogP contribution in [0.2, 0.25) is 0 Å². The van der Waals surface area contributed by atoms with Gasteiger partial charge in [-0.25, -0.2) is 9.78 Å². The zero-order valence-corrected chi connectivity index (χ0v) is 18.3. The van der Waals surface area contributed by atoms with E-state index < -0.39 is 0 Å². The van der Waals surface area contributed by atoms with Crippen LogP contribution >= 0.6 is 11.3 Å². The van der Waals surface area contributed by atoms with Crippen LogP contribution in [0.25, 0.3) is 11.3 Å². The Balaban J connectivity index is 1.18. The molecule has 8 nitrogen and oxygen atoms in total. The standard InChI is InChI=1S/C22H28N4O4S/c27-20(7-4-10-23-21(28)24-16-5-2-1-3-6-16)26-22-25-17(14-31-22)15-8-9-18-19(13-15)30-12-11-29-18/h8-9,13-14,16H,1-7,10-12H2,(H2,23,24,28)(H,25,26,27). The summed E-state index contributed by atoms with van der Waals surface area (Å²) in [4.78, 5) is 28.6. The number of carbonyl (C=O) groups is 2. The van der Waals surface area contributed by atoms with E-state index >= 15 is 0 Å². The van der Waals surface area contributed by atoms with Crippen LogP contribution in [0.5, 0.6) is 11.5 Å². The molecule has 166 valence electrons. The maximum atomic E-state index is 12.2. The topological polar surface area (TPSA) is 102 Å². The van der Waals surface area contributed by atoms with Crippen LogP contribution in [-0.2, 0) is 4.79 Å².